The van der Waals surface area contributed by atoms with E-state index in [4.69, 9.17) is 4.98 Å². The second kappa shape index (κ2) is 9.78. The van der Waals surface area contributed by atoms with Crippen molar-refractivity contribution in [1.29, 1.82) is 0 Å². The lowest BCUT2D eigenvalue weighted by molar-refractivity contribution is 0.237. The first kappa shape index (κ1) is 22.3. The van der Waals surface area contributed by atoms with Gasteiger partial charge in [-0.25, -0.2) is 4.98 Å². The lowest BCUT2D eigenvalue weighted by atomic mass is 9.97. The van der Waals surface area contributed by atoms with Crippen molar-refractivity contribution in [3.8, 4) is 0 Å². The summed E-state index contributed by atoms with van der Waals surface area (Å²) >= 11 is 0. The summed E-state index contributed by atoms with van der Waals surface area (Å²) in [5, 5.41) is 0. The lowest BCUT2D eigenvalue weighted by Gasteiger charge is -2.32. The highest BCUT2D eigenvalue weighted by atomic mass is 16.1. The average molecular weight is 450 g/mol. The Bertz CT molecular complexity index is 1260. The van der Waals surface area contributed by atoms with Crippen molar-refractivity contribution in [3.63, 3.8) is 0 Å². The highest BCUT2D eigenvalue weighted by Gasteiger charge is 2.27. The van der Waals surface area contributed by atoms with Crippen LogP contribution in [0.15, 0.2) is 95.8 Å². The zero-order valence-electron chi connectivity index (χ0n) is 19.9. The van der Waals surface area contributed by atoms with E-state index in [1.165, 1.54) is 5.56 Å². The van der Waals surface area contributed by atoms with Crippen molar-refractivity contribution in [2.75, 3.05) is 13.1 Å². The molecule has 5 rings (SSSR count). The Morgan fingerprint density at radius 3 is 1.91 bits per heavy atom. The van der Waals surface area contributed by atoms with Crippen LogP contribution in [-0.2, 0) is 13.0 Å². The zero-order valence-corrected chi connectivity index (χ0v) is 19.9. The van der Waals surface area contributed by atoms with Crippen LogP contribution in [0.5, 0.6) is 0 Å². The quantitative estimate of drug-likeness (QED) is 0.398. The molecular weight excluding hydrogens is 418 g/mol. The van der Waals surface area contributed by atoms with Gasteiger partial charge in [-0.1, -0.05) is 97.9 Å². The van der Waals surface area contributed by atoms with Crippen LogP contribution < -0.4 is 5.56 Å². The zero-order chi connectivity index (χ0) is 23.5. The Kier molecular flexibility index (Phi) is 6.41. The maximum absolute atomic E-state index is 14.0. The first-order valence-electron chi connectivity index (χ1n) is 12.1. The number of benzene rings is 3. The van der Waals surface area contributed by atoms with Gasteiger partial charge in [0.2, 0.25) is 0 Å². The molecule has 0 spiro atoms. The summed E-state index contributed by atoms with van der Waals surface area (Å²) in [6.45, 7) is 6.73. The van der Waals surface area contributed by atoms with Gasteiger partial charge in [0.15, 0.2) is 0 Å². The second-order valence-electron chi connectivity index (χ2n) is 9.28. The van der Waals surface area contributed by atoms with Gasteiger partial charge in [-0.2, -0.15) is 0 Å². The third-order valence-electron chi connectivity index (χ3n) is 6.91. The molecule has 0 saturated carbocycles. The first-order valence-corrected chi connectivity index (χ1v) is 12.1. The minimum atomic E-state index is -0.202. The van der Waals surface area contributed by atoms with E-state index in [9.17, 15) is 4.79 Å². The molecule has 1 atom stereocenters. The van der Waals surface area contributed by atoms with Crippen LogP contribution in [0.2, 0.25) is 0 Å². The van der Waals surface area contributed by atoms with Gasteiger partial charge in [0.25, 0.3) is 5.56 Å². The van der Waals surface area contributed by atoms with Gasteiger partial charge in [-0.15, -0.1) is 0 Å². The van der Waals surface area contributed by atoms with Crippen LogP contribution in [0.1, 0.15) is 52.7 Å². The van der Waals surface area contributed by atoms with Crippen molar-refractivity contribution >= 4 is 0 Å². The van der Waals surface area contributed by atoms with Crippen molar-refractivity contribution in [1.82, 2.24) is 14.5 Å². The van der Waals surface area contributed by atoms with Gasteiger partial charge in [-0.3, -0.25) is 14.3 Å². The topological polar surface area (TPSA) is 38.1 Å². The molecule has 1 unspecified atom stereocenters. The molecular formula is C30H31N3O. The number of rotatable bonds is 6. The summed E-state index contributed by atoms with van der Waals surface area (Å²) in [6.07, 6.45) is 0.815. The summed E-state index contributed by atoms with van der Waals surface area (Å²) in [5.41, 5.74) is 5.39. The molecule has 0 amide bonds. The molecule has 0 N–H and O–H groups in total. The predicted octanol–water partition coefficient (Wildman–Crippen LogP) is 5.35. The smallest absolute Gasteiger partial charge is 0.259 e. The minimum absolute atomic E-state index is 0.0808. The summed E-state index contributed by atoms with van der Waals surface area (Å²) in [7, 11) is 0. The number of hydrogen-bond acceptors (Lipinski definition) is 3. The molecule has 34 heavy (non-hydrogen) atoms. The summed E-state index contributed by atoms with van der Waals surface area (Å²) in [5.74, 6) is 1.18. The highest BCUT2D eigenvalue weighted by Crippen LogP contribution is 2.28. The molecule has 4 nitrogen and oxygen atoms in total. The number of fused-ring (bicyclic) bond motifs is 1. The van der Waals surface area contributed by atoms with Gasteiger partial charge < -0.3 is 0 Å². The standard InChI is InChI=1S/C30H31N3O/c1-22(24-12-6-3-7-13-24)20-32-19-18-28-27(21-32)30(34)33(23(2)31-28)29(25-14-8-4-9-15-25)26-16-10-5-11-17-26/h3-17,22,29H,18-21H2,1-2H3. The molecule has 3 aromatic carbocycles. The molecule has 4 heteroatoms. The summed E-state index contributed by atoms with van der Waals surface area (Å²) in [6, 6.07) is 30.9. The van der Waals surface area contributed by atoms with Crippen LogP contribution in [-0.4, -0.2) is 27.5 Å². The lowest BCUT2D eigenvalue weighted by Crippen LogP contribution is -2.41. The molecule has 0 radical (unpaired) electrons. The van der Waals surface area contributed by atoms with Crippen LogP contribution in [0.25, 0.3) is 0 Å². The van der Waals surface area contributed by atoms with E-state index in [-0.39, 0.29) is 11.6 Å². The molecule has 0 fully saturated rings. The van der Waals surface area contributed by atoms with E-state index in [0.717, 1.165) is 47.7 Å². The van der Waals surface area contributed by atoms with Crippen LogP contribution in [0.4, 0.5) is 0 Å². The SMILES string of the molecule is Cc1nc2c(c(=O)n1C(c1ccccc1)c1ccccc1)CN(CC(C)c1ccccc1)CC2. The molecule has 0 aliphatic carbocycles. The van der Waals surface area contributed by atoms with Crippen molar-refractivity contribution in [3.05, 3.63) is 135 Å². The third-order valence-corrected chi connectivity index (χ3v) is 6.91. The Hall–Kier alpha value is -3.50. The van der Waals surface area contributed by atoms with E-state index < -0.39 is 0 Å². The van der Waals surface area contributed by atoms with E-state index in [1.807, 2.05) is 47.9 Å². The fraction of sp³-hybridized carbons (Fsp3) is 0.267. The second-order valence-corrected chi connectivity index (χ2v) is 9.28. The monoisotopic (exact) mass is 449 g/mol. The third kappa shape index (κ3) is 4.46. The van der Waals surface area contributed by atoms with E-state index in [0.29, 0.717) is 12.5 Å². The van der Waals surface area contributed by atoms with Crippen LogP contribution in [0, 0.1) is 6.92 Å². The van der Waals surface area contributed by atoms with Crippen molar-refractivity contribution < 1.29 is 0 Å². The van der Waals surface area contributed by atoms with Crippen LogP contribution >= 0.6 is 0 Å². The molecule has 1 aliphatic heterocycles. The van der Waals surface area contributed by atoms with Crippen molar-refractivity contribution in [2.24, 2.45) is 0 Å². The number of nitrogens with zero attached hydrogens (tertiary/aromatic N) is 3. The van der Waals surface area contributed by atoms with E-state index in [1.54, 1.807) is 0 Å². The van der Waals surface area contributed by atoms with E-state index in [2.05, 4.69) is 66.4 Å². The fourth-order valence-electron chi connectivity index (χ4n) is 5.16. The molecule has 1 aliphatic rings. The Morgan fingerprint density at radius 1 is 0.824 bits per heavy atom. The minimum Gasteiger partial charge on any atom is -0.298 e. The Morgan fingerprint density at radius 2 is 1.35 bits per heavy atom. The molecule has 4 aromatic rings. The Balaban J connectivity index is 1.52. The normalized spacial score (nSPS) is 14.7. The van der Waals surface area contributed by atoms with Gasteiger partial charge in [0.05, 0.1) is 17.3 Å². The largest absolute Gasteiger partial charge is 0.298 e. The maximum atomic E-state index is 14.0. The van der Waals surface area contributed by atoms with Gasteiger partial charge in [-0.05, 0) is 29.5 Å². The fourth-order valence-corrected chi connectivity index (χ4v) is 5.16. The maximum Gasteiger partial charge on any atom is 0.259 e. The predicted molar refractivity (Wildman–Crippen MR) is 137 cm³/mol. The molecule has 0 saturated heterocycles. The van der Waals surface area contributed by atoms with Gasteiger partial charge >= 0.3 is 0 Å². The number of aryl methyl sites for hydroxylation is 1. The summed E-state index contributed by atoms with van der Waals surface area (Å²) in [4.78, 5) is 21.4. The Labute approximate surface area is 201 Å². The van der Waals surface area contributed by atoms with Crippen molar-refractivity contribution in [2.45, 2.75) is 38.8 Å². The van der Waals surface area contributed by atoms with E-state index >= 15 is 0 Å². The van der Waals surface area contributed by atoms with Gasteiger partial charge in [0, 0.05) is 26.1 Å². The average Bonchev–Trinajstić information content (AvgIpc) is 2.88. The summed E-state index contributed by atoms with van der Waals surface area (Å²) < 4.78 is 1.90. The molecule has 1 aromatic heterocycles. The molecule has 172 valence electrons. The number of hydrogen-bond donors (Lipinski definition) is 0. The van der Waals surface area contributed by atoms with Crippen LogP contribution in [0.3, 0.4) is 0 Å². The number of aromatic nitrogens is 2. The molecule has 2 heterocycles. The molecule has 0 bridgehead atoms. The van der Waals surface area contributed by atoms with Gasteiger partial charge in [0.1, 0.15) is 5.82 Å². The highest BCUT2D eigenvalue weighted by molar-refractivity contribution is 5.35. The first-order chi connectivity index (χ1) is 16.6.